The van der Waals surface area contributed by atoms with E-state index in [2.05, 4.69) is 30.9 Å². The van der Waals surface area contributed by atoms with Crippen LogP contribution in [0.5, 0.6) is 5.75 Å². The van der Waals surface area contributed by atoms with Gasteiger partial charge in [-0.1, -0.05) is 23.3 Å². The number of ether oxygens (including phenoxy) is 6. The quantitative estimate of drug-likeness (QED) is 0.0400. The van der Waals surface area contributed by atoms with Gasteiger partial charge in [-0.2, -0.15) is 0 Å². The number of hydrogen-bond donors (Lipinski definition) is 1. The van der Waals surface area contributed by atoms with Crippen LogP contribution in [0.25, 0.3) is 21.3 Å². The van der Waals surface area contributed by atoms with E-state index in [1.54, 1.807) is 29.2 Å². The Balaban J connectivity index is 1.12. The van der Waals surface area contributed by atoms with E-state index in [0.717, 1.165) is 4.47 Å². The molecule has 0 aliphatic carbocycles. The maximum Gasteiger partial charge on any atom is 0.295 e. The molecular weight excluding hydrogens is 704 g/mol. The third-order valence-electron chi connectivity index (χ3n) is 7.43. The molecule has 3 aromatic rings. The van der Waals surface area contributed by atoms with Crippen molar-refractivity contribution >= 4 is 44.4 Å². The lowest BCUT2D eigenvalue weighted by Gasteiger charge is -2.34. The molecule has 0 radical (unpaired) electrons. The van der Waals surface area contributed by atoms with Gasteiger partial charge in [0.05, 0.1) is 82.5 Å². The molecule has 1 fully saturated rings. The van der Waals surface area contributed by atoms with Crippen molar-refractivity contribution in [3.63, 3.8) is 0 Å². The third-order valence-corrected chi connectivity index (χ3v) is 8.09. The summed E-state index contributed by atoms with van der Waals surface area (Å²) in [5.41, 5.74) is 9.63. The molecule has 16 heteroatoms. The molecule has 1 aliphatic heterocycles. The summed E-state index contributed by atoms with van der Waals surface area (Å²) in [6, 6.07) is 12.5. The van der Waals surface area contributed by atoms with Gasteiger partial charge in [0, 0.05) is 53.9 Å². The van der Waals surface area contributed by atoms with E-state index in [9.17, 15) is 14.4 Å². The normalized spacial score (nSPS) is 13.0. The first-order chi connectivity index (χ1) is 24.0. The molecule has 1 aromatic heterocycles. The van der Waals surface area contributed by atoms with E-state index < -0.39 is 11.7 Å². The number of carbonyl (C=O) groups is 3. The highest BCUT2D eigenvalue weighted by molar-refractivity contribution is 9.10. The molecule has 0 atom stereocenters. The zero-order chi connectivity index (χ0) is 34.7. The zero-order valence-electron chi connectivity index (χ0n) is 27.2. The molecule has 264 valence electrons. The lowest BCUT2D eigenvalue weighted by molar-refractivity contribution is -0.127. The summed E-state index contributed by atoms with van der Waals surface area (Å²) in [5.74, 6) is -0.912. The van der Waals surface area contributed by atoms with E-state index in [1.165, 1.54) is 11.1 Å². The SMILES string of the molecule is [N-]=[N+]=NCCOCCOCCOCCOCCOCCOc1ccc(Br)c2[nH]cc(C(=O)C(=O)N3CCN(C(=O)c4ccccc4)CC3)c12. The Morgan fingerprint density at radius 2 is 1.31 bits per heavy atom. The van der Waals surface area contributed by atoms with E-state index in [4.69, 9.17) is 34.0 Å². The summed E-state index contributed by atoms with van der Waals surface area (Å²) in [6.07, 6.45) is 1.52. The predicted molar refractivity (Wildman–Crippen MR) is 183 cm³/mol. The van der Waals surface area contributed by atoms with Crippen molar-refractivity contribution in [1.29, 1.82) is 0 Å². The van der Waals surface area contributed by atoms with E-state index >= 15 is 0 Å². The Morgan fingerprint density at radius 3 is 1.90 bits per heavy atom. The number of rotatable bonds is 22. The third kappa shape index (κ3) is 11.8. The molecule has 2 heterocycles. The van der Waals surface area contributed by atoms with Gasteiger partial charge in [-0.15, -0.1) is 0 Å². The fourth-order valence-electron chi connectivity index (χ4n) is 4.96. The molecule has 1 N–H and O–H groups in total. The summed E-state index contributed by atoms with van der Waals surface area (Å²) in [4.78, 5) is 48.4. The molecule has 2 amide bonds. The Labute approximate surface area is 292 Å². The number of ketones is 1. The van der Waals surface area contributed by atoms with Crippen LogP contribution in [0.3, 0.4) is 0 Å². The fraction of sp³-hybridized carbons (Fsp3) is 0.485. The van der Waals surface area contributed by atoms with Crippen molar-refractivity contribution < 1.29 is 42.8 Å². The summed E-state index contributed by atoms with van der Waals surface area (Å²) in [7, 11) is 0. The van der Waals surface area contributed by atoms with Crippen LogP contribution in [0, 0.1) is 0 Å². The van der Waals surface area contributed by atoms with Crippen molar-refractivity contribution in [2.75, 3.05) is 105 Å². The number of halogens is 1. The molecule has 2 aromatic carbocycles. The number of nitrogens with one attached hydrogen (secondary N) is 1. The number of aromatic nitrogens is 1. The largest absolute Gasteiger partial charge is 0.490 e. The lowest BCUT2D eigenvalue weighted by atomic mass is 10.1. The Hall–Kier alpha value is -4.02. The first kappa shape index (κ1) is 37.8. The van der Waals surface area contributed by atoms with Gasteiger partial charge < -0.3 is 43.2 Å². The molecule has 0 saturated carbocycles. The molecule has 0 spiro atoms. The Bertz CT molecular complexity index is 1540. The van der Waals surface area contributed by atoms with Crippen molar-refractivity contribution in [1.82, 2.24) is 14.8 Å². The highest BCUT2D eigenvalue weighted by Crippen LogP contribution is 2.34. The molecule has 49 heavy (non-hydrogen) atoms. The summed E-state index contributed by atoms with van der Waals surface area (Å²) >= 11 is 3.50. The monoisotopic (exact) mass is 744 g/mol. The van der Waals surface area contributed by atoms with Gasteiger partial charge in [-0.3, -0.25) is 14.4 Å². The second kappa shape index (κ2) is 21.1. The first-order valence-corrected chi connectivity index (χ1v) is 16.8. The van der Waals surface area contributed by atoms with Crippen LogP contribution in [0.15, 0.2) is 58.2 Å². The van der Waals surface area contributed by atoms with Gasteiger partial charge in [0.2, 0.25) is 0 Å². The molecule has 1 saturated heterocycles. The van der Waals surface area contributed by atoms with E-state index in [1.807, 2.05) is 18.2 Å². The van der Waals surface area contributed by atoms with Crippen LogP contribution >= 0.6 is 15.9 Å². The van der Waals surface area contributed by atoms with Crippen LogP contribution < -0.4 is 4.74 Å². The molecule has 0 bridgehead atoms. The van der Waals surface area contributed by atoms with Crippen LogP contribution in [-0.4, -0.2) is 138 Å². The van der Waals surface area contributed by atoms with Gasteiger partial charge in [-0.05, 0) is 45.7 Å². The number of H-pyrrole nitrogens is 1. The number of Topliss-reactive ketones (excluding diaryl/α,β-unsaturated/α-hetero) is 1. The van der Waals surface area contributed by atoms with Crippen LogP contribution in [0.2, 0.25) is 0 Å². The van der Waals surface area contributed by atoms with Gasteiger partial charge >= 0.3 is 0 Å². The fourth-order valence-corrected chi connectivity index (χ4v) is 5.40. The summed E-state index contributed by atoms with van der Waals surface area (Å²) in [6.45, 7) is 5.77. The van der Waals surface area contributed by atoms with Crippen molar-refractivity contribution in [3.05, 3.63) is 74.7 Å². The maximum atomic E-state index is 13.4. The second-order valence-corrected chi connectivity index (χ2v) is 11.5. The Kier molecular flexibility index (Phi) is 16.3. The minimum Gasteiger partial charge on any atom is -0.490 e. The minimum atomic E-state index is -0.646. The topological polar surface area (TPSA) is 178 Å². The van der Waals surface area contributed by atoms with Crippen molar-refractivity contribution in [2.45, 2.75) is 0 Å². The maximum absolute atomic E-state index is 13.4. The van der Waals surface area contributed by atoms with Gasteiger partial charge in [-0.25, -0.2) is 0 Å². The summed E-state index contributed by atoms with van der Waals surface area (Å²) < 4.78 is 33.9. The molecule has 0 unspecified atom stereocenters. The van der Waals surface area contributed by atoms with Crippen LogP contribution in [-0.2, 0) is 28.5 Å². The number of hydrogen-bond acceptors (Lipinski definition) is 10. The van der Waals surface area contributed by atoms with Crippen LogP contribution in [0.1, 0.15) is 20.7 Å². The number of carbonyl (C=O) groups excluding carboxylic acids is 3. The standard InChI is InChI=1S/C33H41BrN6O9/c34-27-6-7-28(49-23-22-48-21-20-47-19-18-46-17-16-45-15-14-44-13-8-37-38-35)29-26(24-36-30(27)29)31(41)33(43)40-11-9-39(10-12-40)32(42)25-4-2-1-3-5-25/h1-7,24,36H,8-23H2. The minimum absolute atomic E-state index is 0.0947. The highest BCUT2D eigenvalue weighted by Gasteiger charge is 2.31. The highest BCUT2D eigenvalue weighted by atomic mass is 79.9. The zero-order valence-corrected chi connectivity index (χ0v) is 28.8. The van der Waals surface area contributed by atoms with Gasteiger partial charge in [0.15, 0.2) is 0 Å². The molecule has 1 aliphatic rings. The Morgan fingerprint density at radius 1 is 0.755 bits per heavy atom. The van der Waals surface area contributed by atoms with E-state index in [-0.39, 0.29) is 31.2 Å². The number of piperazine rings is 1. The molecular formula is C33H41BrN6O9. The molecule has 15 nitrogen and oxygen atoms in total. The van der Waals surface area contributed by atoms with Crippen molar-refractivity contribution in [2.24, 2.45) is 5.11 Å². The predicted octanol–water partition coefficient (Wildman–Crippen LogP) is 3.87. The first-order valence-electron chi connectivity index (χ1n) is 16.0. The molecule has 4 rings (SSSR count). The lowest BCUT2D eigenvalue weighted by Crippen LogP contribution is -2.52. The number of fused-ring (bicyclic) bond motifs is 1. The van der Waals surface area contributed by atoms with Gasteiger partial charge in [0.1, 0.15) is 12.4 Å². The average Bonchev–Trinajstić information content (AvgIpc) is 3.59. The van der Waals surface area contributed by atoms with Crippen molar-refractivity contribution in [3.8, 4) is 5.75 Å². The second-order valence-electron chi connectivity index (χ2n) is 10.6. The number of nitrogens with zero attached hydrogens (tertiary/aromatic N) is 5. The average molecular weight is 746 g/mol. The number of aromatic amines is 1. The smallest absolute Gasteiger partial charge is 0.295 e. The number of amides is 2. The van der Waals surface area contributed by atoms with Crippen LogP contribution in [0.4, 0.5) is 0 Å². The number of azide groups is 1. The number of benzene rings is 2. The summed E-state index contributed by atoms with van der Waals surface area (Å²) in [5, 5.41) is 3.88. The van der Waals surface area contributed by atoms with Gasteiger partial charge in [0.25, 0.3) is 17.6 Å². The van der Waals surface area contributed by atoms with E-state index in [0.29, 0.717) is 108 Å².